The summed E-state index contributed by atoms with van der Waals surface area (Å²) in [6.07, 6.45) is 1.74. The van der Waals surface area contributed by atoms with E-state index in [2.05, 4.69) is 6.26 Å². The topological polar surface area (TPSA) is 49.8 Å². The fourth-order valence-corrected chi connectivity index (χ4v) is 2.93. The van der Waals surface area contributed by atoms with E-state index in [1.807, 2.05) is 31.2 Å². The van der Waals surface area contributed by atoms with Crippen LogP contribution in [0.25, 0.3) is 0 Å². The molecule has 0 aromatic heterocycles. The second kappa shape index (κ2) is 7.11. The van der Waals surface area contributed by atoms with Crippen LogP contribution in [0.1, 0.15) is 22.8 Å². The highest BCUT2D eigenvalue weighted by Gasteiger charge is 2.28. The van der Waals surface area contributed by atoms with Gasteiger partial charge in [-0.25, -0.2) is 0 Å². The smallest absolute Gasteiger partial charge is 0.254 e. The third-order valence-electron chi connectivity index (χ3n) is 3.33. The van der Waals surface area contributed by atoms with Gasteiger partial charge in [-0.05, 0) is 30.9 Å². The summed E-state index contributed by atoms with van der Waals surface area (Å²) in [5, 5.41) is 9.21. The van der Waals surface area contributed by atoms with Crippen molar-refractivity contribution < 1.29 is 14.6 Å². The van der Waals surface area contributed by atoms with Gasteiger partial charge in [0.25, 0.3) is 5.91 Å². The summed E-state index contributed by atoms with van der Waals surface area (Å²) in [4.78, 5) is 14.2. The predicted octanol–water partition coefficient (Wildman–Crippen LogP) is 1.77. The first kappa shape index (κ1) is 15.4. The minimum Gasteiger partial charge on any atom is -0.394 e. The normalized spacial score (nSPS) is 22.9. The van der Waals surface area contributed by atoms with Crippen molar-refractivity contribution >= 4 is 17.7 Å². The van der Waals surface area contributed by atoms with E-state index in [4.69, 9.17) is 4.74 Å². The van der Waals surface area contributed by atoms with Crippen LogP contribution in [0.2, 0.25) is 0 Å². The number of aliphatic hydroxyl groups is 1. The lowest BCUT2D eigenvalue weighted by Gasteiger charge is -2.36. The zero-order valence-corrected chi connectivity index (χ0v) is 12.7. The zero-order chi connectivity index (χ0) is 14.5. The Morgan fingerprint density at radius 3 is 2.70 bits per heavy atom. The van der Waals surface area contributed by atoms with Crippen molar-refractivity contribution in [3.63, 3.8) is 0 Å². The fraction of sp³-hybridized carbons (Fsp3) is 0.533. The number of carbonyl (C=O) groups excluding carboxylic acids is 1. The van der Waals surface area contributed by atoms with Crippen LogP contribution in [0, 0.1) is 0 Å². The van der Waals surface area contributed by atoms with Gasteiger partial charge in [-0.1, -0.05) is 12.1 Å². The van der Waals surface area contributed by atoms with Gasteiger partial charge in [-0.15, -0.1) is 0 Å². The minimum atomic E-state index is -0.279. The number of benzene rings is 1. The summed E-state index contributed by atoms with van der Waals surface area (Å²) in [6, 6.07) is 7.75. The van der Waals surface area contributed by atoms with Crippen molar-refractivity contribution in [2.45, 2.75) is 24.9 Å². The van der Waals surface area contributed by atoms with Crippen LogP contribution in [0.3, 0.4) is 0 Å². The summed E-state index contributed by atoms with van der Waals surface area (Å²) in [5.74, 6) is 0.963. The summed E-state index contributed by atoms with van der Waals surface area (Å²) in [5.41, 5.74) is 1.92. The number of carbonyl (C=O) groups is 1. The van der Waals surface area contributed by atoms with Crippen LogP contribution in [0.4, 0.5) is 0 Å². The highest BCUT2D eigenvalue weighted by atomic mass is 32.2. The van der Waals surface area contributed by atoms with Crippen LogP contribution in [0.5, 0.6) is 0 Å². The zero-order valence-electron chi connectivity index (χ0n) is 11.9. The lowest BCUT2D eigenvalue weighted by molar-refractivity contribution is -0.0858. The van der Waals surface area contributed by atoms with Crippen molar-refractivity contribution in [1.29, 1.82) is 0 Å². The number of hydrogen-bond acceptors (Lipinski definition) is 4. The summed E-state index contributed by atoms with van der Waals surface area (Å²) < 4.78 is 5.56. The maximum Gasteiger partial charge on any atom is 0.254 e. The van der Waals surface area contributed by atoms with Crippen molar-refractivity contribution in [3.05, 3.63) is 35.4 Å². The largest absolute Gasteiger partial charge is 0.394 e. The minimum absolute atomic E-state index is 0.00861. The molecule has 0 aliphatic carbocycles. The monoisotopic (exact) mass is 295 g/mol. The van der Waals surface area contributed by atoms with E-state index in [9.17, 15) is 9.90 Å². The number of thioether (sulfide) groups is 1. The molecule has 1 fully saturated rings. The first-order valence-electron chi connectivity index (χ1n) is 6.77. The van der Waals surface area contributed by atoms with Gasteiger partial charge in [0.2, 0.25) is 0 Å². The highest BCUT2D eigenvalue weighted by molar-refractivity contribution is 7.97. The number of aliphatic hydroxyl groups excluding tert-OH is 1. The number of amides is 1. The first-order chi connectivity index (χ1) is 9.63. The molecule has 0 radical (unpaired) electrons. The average Bonchev–Trinajstić information content (AvgIpc) is 2.47. The van der Waals surface area contributed by atoms with Gasteiger partial charge in [0.1, 0.15) is 0 Å². The Labute approximate surface area is 124 Å². The third kappa shape index (κ3) is 3.75. The fourth-order valence-electron chi connectivity index (χ4n) is 2.40. The van der Waals surface area contributed by atoms with E-state index in [1.54, 1.807) is 16.7 Å². The standard InChI is InChI=1S/C15H21NO3S/c1-11-7-16(8-14(9-17)19-11)15(18)13-5-3-12(4-6-13)10-20-2/h3-6,11,14,17H,7-10H2,1-2H3. The van der Waals surface area contributed by atoms with Crippen LogP contribution in [-0.2, 0) is 10.5 Å². The van der Waals surface area contributed by atoms with Gasteiger partial charge < -0.3 is 14.7 Å². The molecule has 4 nitrogen and oxygen atoms in total. The van der Waals surface area contributed by atoms with Crippen molar-refractivity contribution in [2.75, 3.05) is 26.0 Å². The summed E-state index contributed by atoms with van der Waals surface area (Å²) in [7, 11) is 0. The Balaban J connectivity index is 2.06. The maximum absolute atomic E-state index is 12.5. The Morgan fingerprint density at radius 2 is 2.10 bits per heavy atom. The molecule has 1 aromatic carbocycles. The van der Waals surface area contributed by atoms with E-state index < -0.39 is 0 Å². The quantitative estimate of drug-likeness (QED) is 0.920. The molecule has 1 aromatic rings. The Morgan fingerprint density at radius 1 is 1.40 bits per heavy atom. The molecule has 1 saturated heterocycles. The molecule has 1 aliphatic heterocycles. The Kier molecular flexibility index (Phi) is 5.46. The molecule has 2 rings (SSSR count). The van der Waals surface area contributed by atoms with Crippen molar-refractivity contribution in [3.8, 4) is 0 Å². The van der Waals surface area contributed by atoms with Crippen LogP contribution in [0.15, 0.2) is 24.3 Å². The molecule has 0 bridgehead atoms. The summed E-state index contributed by atoms with van der Waals surface area (Å²) >= 11 is 1.76. The predicted molar refractivity (Wildman–Crippen MR) is 81.0 cm³/mol. The highest BCUT2D eigenvalue weighted by Crippen LogP contribution is 2.16. The van der Waals surface area contributed by atoms with Gasteiger partial charge in [-0.2, -0.15) is 11.8 Å². The Hall–Kier alpha value is -1.04. The molecular formula is C15H21NO3S. The lowest BCUT2D eigenvalue weighted by atomic mass is 10.1. The van der Waals surface area contributed by atoms with E-state index in [-0.39, 0.29) is 24.7 Å². The summed E-state index contributed by atoms with van der Waals surface area (Å²) in [6.45, 7) is 2.89. The molecule has 0 saturated carbocycles. The van der Waals surface area contributed by atoms with Crippen molar-refractivity contribution in [1.82, 2.24) is 4.90 Å². The number of hydrogen-bond donors (Lipinski definition) is 1. The second-order valence-corrected chi connectivity index (χ2v) is 5.96. The lowest BCUT2D eigenvalue weighted by Crippen LogP contribution is -2.50. The molecule has 20 heavy (non-hydrogen) atoms. The number of morpholine rings is 1. The van der Waals surface area contributed by atoms with E-state index >= 15 is 0 Å². The van der Waals surface area contributed by atoms with Crippen LogP contribution < -0.4 is 0 Å². The molecule has 110 valence electrons. The van der Waals surface area contributed by atoms with Crippen LogP contribution in [-0.4, -0.2) is 54.1 Å². The third-order valence-corrected chi connectivity index (χ3v) is 3.95. The molecule has 0 spiro atoms. The van der Waals surface area contributed by atoms with Gasteiger partial charge in [0.15, 0.2) is 0 Å². The Bertz CT molecular complexity index is 449. The number of nitrogens with zero attached hydrogens (tertiary/aromatic N) is 1. The molecule has 1 amide bonds. The van der Waals surface area contributed by atoms with Gasteiger partial charge in [-0.3, -0.25) is 4.79 Å². The molecule has 1 heterocycles. The van der Waals surface area contributed by atoms with Gasteiger partial charge >= 0.3 is 0 Å². The van der Waals surface area contributed by atoms with Gasteiger partial charge in [0, 0.05) is 24.4 Å². The van der Waals surface area contributed by atoms with E-state index in [1.165, 1.54) is 5.56 Å². The first-order valence-corrected chi connectivity index (χ1v) is 8.17. The molecule has 1 N–H and O–H groups in total. The second-order valence-electron chi connectivity index (χ2n) is 5.09. The number of rotatable bonds is 4. The SMILES string of the molecule is CSCc1ccc(C(=O)N2CC(C)OC(CO)C2)cc1. The molecular weight excluding hydrogens is 274 g/mol. The average molecular weight is 295 g/mol. The molecule has 2 atom stereocenters. The van der Waals surface area contributed by atoms with Crippen LogP contribution >= 0.6 is 11.8 Å². The van der Waals surface area contributed by atoms with Crippen molar-refractivity contribution in [2.24, 2.45) is 0 Å². The van der Waals surface area contributed by atoms with E-state index in [0.717, 1.165) is 5.75 Å². The van der Waals surface area contributed by atoms with E-state index in [0.29, 0.717) is 18.7 Å². The molecule has 2 unspecified atom stereocenters. The van der Waals surface area contributed by atoms with Gasteiger partial charge in [0.05, 0.1) is 18.8 Å². The molecule has 5 heteroatoms. The number of ether oxygens (including phenoxy) is 1. The molecule has 1 aliphatic rings. The maximum atomic E-state index is 12.5.